The molecule has 15 heavy (non-hydrogen) atoms. The Hall–Kier alpha value is -1.58. The molecular formula is C11H13NO3. The van der Waals surface area contributed by atoms with Crippen molar-refractivity contribution < 1.29 is 9.66 Å². The van der Waals surface area contributed by atoms with Gasteiger partial charge in [0.1, 0.15) is 0 Å². The molecule has 0 N–H and O–H groups in total. The standard InChI is InChI=1S/C11H13NO3/c1-7-3-6-9(12(13)14)11(15-2)10(7)8-4-5-8/h3,6,8H,4-5H2,1-2H3. The molecule has 1 aromatic carbocycles. The van der Waals surface area contributed by atoms with Gasteiger partial charge in [-0.15, -0.1) is 0 Å². The number of benzene rings is 1. The Morgan fingerprint density at radius 3 is 2.60 bits per heavy atom. The topological polar surface area (TPSA) is 52.4 Å². The molecule has 0 bridgehead atoms. The first-order valence-corrected chi connectivity index (χ1v) is 4.97. The molecule has 0 amide bonds. The summed E-state index contributed by atoms with van der Waals surface area (Å²) in [6.07, 6.45) is 2.22. The van der Waals surface area contributed by atoms with Crippen LogP contribution in [0.2, 0.25) is 0 Å². The van der Waals surface area contributed by atoms with E-state index in [0.29, 0.717) is 11.7 Å². The molecule has 1 aromatic rings. The lowest BCUT2D eigenvalue weighted by Gasteiger charge is -2.10. The number of nitro groups is 1. The molecule has 0 aliphatic heterocycles. The highest BCUT2D eigenvalue weighted by Crippen LogP contribution is 2.48. The molecule has 0 aromatic heterocycles. The monoisotopic (exact) mass is 207 g/mol. The van der Waals surface area contributed by atoms with Crippen molar-refractivity contribution in [1.29, 1.82) is 0 Å². The zero-order chi connectivity index (χ0) is 11.0. The molecular weight excluding hydrogens is 194 g/mol. The van der Waals surface area contributed by atoms with Crippen LogP contribution >= 0.6 is 0 Å². The van der Waals surface area contributed by atoms with Crippen molar-refractivity contribution in [1.82, 2.24) is 0 Å². The fraction of sp³-hybridized carbons (Fsp3) is 0.455. The summed E-state index contributed by atoms with van der Waals surface area (Å²) >= 11 is 0. The van der Waals surface area contributed by atoms with Crippen LogP contribution in [0, 0.1) is 17.0 Å². The molecule has 4 nitrogen and oxygen atoms in total. The van der Waals surface area contributed by atoms with Crippen molar-refractivity contribution in [2.75, 3.05) is 7.11 Å². The number of hydrogen-bond acceptors (Lipinski definition) is 3. The summed E-state index contributed by atoms with van der Waals surface area (Å²) < 4.78 is 5.18. The van der Waals surface area contributed by atoms with Crippen molar-refractivity contribution in [2.24, 2.45) is 0 Å². The first-order valence-electron chi connectivity index (χ1n) is 4.97. The second-order valence-corrected chi connectivity index (χ2v) is 3.88. The number of nitro benzene ring substituents is 1. The molecule has 0 heterocycles. The van der Waals surface area contributed by atoms with Gasteiger partial charge in [-0.3, -0.25) is 10.1 Å². The molecule has 1 fully saturated rings. The average molecular weight is 207 g/mol. The highest BCUT2D eigenvalue weighted by atomic mass is 16.6. The Bertz CT molecular complexity index is 411. The highest BCUT2D eigenvalue weighted by Gasteiger charge is 2.32. The van der Waals surface area contributed by atoms with Crippen LogP contribution in [0.5, 0.6) is 5.75 Å². The Balaban J connectivity index is 2.58. The van der Waals surface area contributed by atoms with E-state index in [1.165, 1.54) is 13.2 Å². The lowest BCUT2D eigenvalue weighted by atomic mass is 10.0. The van der Waals surface area contributed by atoms with E-state index < -0.39 is 0 Å². The Morgan fingerprint density at radius 1 is 1.47 bits per heavy atom. The van der Waals surface area contributed by atoms with Crippen LogP contribution in [0.4, 0.5) is 5.69 Å². The van der Waals surface area contributed by atoms with Gasteiger partial charge in [0.05, 0.1) is 12.0 Å². The predicted molar refractivity (Wildman–Crippen MR) is 56.4 cm³/mol. The largest absolute Gasteiger partial charge is 0.490 e. The van der Waals surface area contributed by atoms with E-state index in [-0.39, 0.29) is 10.6 Å². The highest BCUT2D eigenvalue weighted by molar-refractivity contribution is 5.57. The van der Waals surface area contributed by atoms with E-state index in [0.717, 1.165) is 24.0 Å². The van der Waals surface area contributed by atoms with Gasteiger partial charge in [0.15, 0.2) is 0 Å². The van der Waals surface area contributed by atoms with E-state index >= 15 is 0 Å². The molecule has 80 valence electrons. The number of nitrogens with zero attached hydrogens (tertiary/aromatic N) is 1. The van der Waals surface area contributed by atoms with Crippen molar-refractivity contribution in [3.05, 3.63) is 33.4 Å². The van der Waals surface area contributed by atoms with Crippen molar-refractivity contribution in [2.45, 2.75) is 25.7 Å². The summed E-state index contributed by atoms with van der Waals surface area (Å²) in [6.45, 7) is 1.97. The molecule has 1 saturated carbocycles. The molecule has 2 rings (SSSR count). The SMILES string of the molecule is COc1c([N+](=O)[O-])ccc(C)c1C1CC1. The molecule has 1 aliphatic rings. The van der Waals surface area contributed by atoms with Gasteiger partial charge in [-0.25, -0.2) is 0 Å². The maximum atomic E-state index is 10.8. The summed E-state index contributed by atoms with van der Waals surface area (Å²) in [6, 6.07) is 3.31. The fourth-order valence-corrected chi connectivity index (χ4v) is 1.92. The average Bonchev–Trinajstić information content (AvgIpc) is 3.00. The second-order valence-electron chi connectivity index (χ2n) is 3.88. The Labute approximate surface area is 88.0 Å². The first-order chi connectivity index (χ1) is 7.15. The first kappa shape index (κ1) is 9.96. The van der Waals surface area contributed by atoms with Crippen LogP contribution in [-0.4, -0.2) is 12.0 Å². The van der Waals surface area contributed by atoms with Gasteiger partial charge in [0.2, 0.25) is 5.75 Å². The lowest BCUT2D eigenvalue weighted by molar-refractivity contribution is -0.385. The smallest absolute Gasteiger partial charge is 0.311 e. The number of rotatable bonds is 3. The number of methoxy groups -OCH3 is 1. The molecule has 0 saturated heterocycles. The van der Waals surface area contributed by atoms with Crippen LogP contribution < -0.4 is 4.74 Å². The predicted octanol–water partition coefficient (Wildman–Crippen LogP) is 2.79. The van der Waals surface area contributed by atoms with E-state index in [9.17, 15) is 10.1 Å². The summed E-state index contributed by atoms with van der Waals surface area (Å²) in [7, 11) is 1.49. The zero-order valence-electron chi connectivity index (χ0n) is 8.82. The second kappa shape index (κ2) is 3.53. The van der Waals surface area contributed by atoms with Gasteiger partial charge >= 0.3 is 5.69 Å². The van der Waals surface area contributed by atoms with E-state index in [1.807, 2.05) is 6.92 Å². The summed E-state index contributed by atoms with van der Waals surface area (Å²) in [5, 5.41) is 10.8. The normalized spacial score (nSPS) is 15.1. The van der Waals surface area contributed by atoms with E-state index in [4.69, 9.17) is 4.74 Å². The maximum absolute atomic E-state index is 10.8. The summed E-state index contributed by atoms with van der Waals surface area (Å²) in [4.78, 5) is 10.4. The zero-order valence-corrected chi connectivity index (χ0v) is 8.82. The van der Waals surface area contributed by atoms with Crippen molar-refractivity contribution in [3.8, 4) is 5.75 Å². The Morgan fingerprint density at radius 2 is 2.13 bits per heavy atom. The third-order valence-electron chi connectivity index (χ3n) is 2.78. The van der Waals surface area contributed by atoms with Crippen LogP contribution in [-0.2, 0) is 0 Å². The van der Waals surface area contributed by atoms with E-state index in [2.05, 4.69) is 0 Å². The van der Waals surface area contributed by atoms with Crippen LogP contribution in [0.25, 0.3) is 0 Å². The quantitative estimate of drug-likeness (QED) is 0.565. The molecule has 1 aliphatic carbocycles. The van der Waals surface area contributed by atoms with Crippen molar-refractivity contribution >= 4 is 5.69 Å². The molecule has 0 atom stereocenters. The minimum Gasteiger partial charge on any atom is -0.490 e. The third-order valence-corrected chi connectivity index (χ3v) is 2.78. The third kappa shape index (κ3) is 1.67. The number of aryl methyl sites for hydroxylation is 1. The van der Waals surface area contributed by atoms with Gasteiger partial charge in [0, 0.05) is 11.6 Å². The van der Waals surface area contributed by atoms with Gasteiger partial charge in [-0.05, 0) is 31.2 Å². The van der Waals surface area contributed by atoms with Crippen LogP contribution in [0.1, 0.15) is 29.9 Å². The van der Waals surface area contributed by atoms with E-state index in [1.54, 1.807) is 6.07 Å². The number of ether oxygens (including phenoxy) is 1. The summed E-state index contributed by atoms with van der Waals surface area (Å²) in [5.41, 5.74) is 2.18. The Kier molecular flexibility index (Phi) is 2.34. The van der Waals surface area contributed by atoms with Crippen LogP contribution in [0.3, 0.4) is 0 Å². The van der Waals surface area contributed by atoms with Gasteiger partial charge in [0.25, 0.3) is 0 Å². The lowest BCUT2D eigenvalue weighted by Crippen LogP contribution is -1.99. The van der Waals surface area contributed by atoms with Crippen LogP contribution in [0.15, 0.2) is 12.1 Å². The summed E-state index contributed by atoms with van der Waals surface area (Å²) in [5.74, 6) is 0.905. The molecule has 0 spiro atoms. The van der Waals surface area contributed by atoms with Gasteiger partial charge < -0.3 is 4.74 Å². The van der Waals surface area contributed by atoms with Crippen molar-refractivity contribution in [3.63, 3.8) is 0 Å². The minimum atomic E-state index is -0.385. The number of hydrogen-bond donors (Lipinski definition) is 0. The van der Waals surface area contributed by atoms with Gasteiger partial charge in [-0.1, -0.05) is 6.07 Å². The molecule has 0 unspecified atom stereocenters. The molecule has 0 radical (unpaired) electrons. The molecule has 4 heteroatoms. The minimum absolute atomic E-state index is 0.0741. The maximum Gasteiger partial charge on any atom is 0.311 e. The fourth-order valence-electron chi connectivity index (χ4n) is 1.92. The van der Waals surface area contributed by atoms with Gasteiger partial charge in [-0.2, -0.15) is 0 Å².